The number of hydrogen-bond donors (Lipinski definition) is 0. The highest BCUT2D eigenvalue weighted by molar-refractivity contribution is 7.89. The van der Waals surface area contributed by atoms with Crippen LogP contribution in [-0.2, 0) is 24.1 Å². The van der Waals surface area contributed by atoms with E-state index in [0.717, 1.165) is 5.69 Å². The molecule has 0 spiro atoms. The molecule has 25 heavy (non-hydrogen) atoms. The lowest BCUT2D eigenvalue weighted by molar-refractivity contribution is 0.0758. The van der Waals surface area contributed by atoms with Crippen molar-refractivity contribution in [3.8, 4) is 5.75 Å². The highest BCUT2D eigenvalue weighted by atomic mass is 32.2. The first kappa shape index (κ1) is 17.7. The molecule has 0 aliphatic carbocycles. The predicted molar refractivity (Wildman–Crippen MR) is 92.3 cm³/mol. The Hall–Kier alpha value is -2.13. The van der Waals surface area contributed by atoms with E-state index in [9.17, 15) is 13.2 Å². The van der Waals surface area contributed by atoms with Crippen LogP contribution in [0.25, 0.3) is 0 Å². The number of rotatable bonds is 4. The molecule has 0 atom stereocenters. The molecule has 0 radical (unpaired) electrons. The number of ether oxygens (including phenoxy) is 1. The highest BCUT2D eigenvalue weighted by Gasteiger charge is 2.40. The molecule has 3 rings (SSSR count). The van der Waals surface area contributed by atoms with Gasteiger partial charge in [0.2, 0.25) is 10.0 Å². The maximum Gasteiger partial charge on any atom is 0.254 e. The molecule has 0 N–H and O–H groups in total. The molecule has 2 aromatic rings. The first-order valence-corrected chi connectivity index (χ1v) is 9.40. The van der Waals surface area contributed by atoms with Crippen molar-refractivity contribution in [3.05, 3.63) is 39.6 Å². The topological polar surface area (TPSA) is 86.4 Å². The predicted octanol–water partition coefficient (Wildman–Crippen LogP) is 0.496. The van der Waals surface area contributed by atoms with Crippen LogP contribution in [0.15, 0.2) is 21.8 Å². The Balaban J connectivity index is 1.73. The van der Waals surface area contributed by atoms with Gasteiger partial charge >= 0.3 is 0 Å². The largest absolute Gasteiger partial charge is 0.487 e. The van der Waals surface area contributed by atoms with Crippen LogP contribution in [0.5, 0.6) is 5.75 Å². The van der Waals surface area contributed by atoms with E-state index in [1.165, 1.54) is 14.9 Å². The molecule has 0 unspecified atom stereocenters. The second-order valence-electron chi connectivity index (χ2n) is 6.42. The molecule has 1 aliphatic rings. The Morgan fingerprint density at radius 3 is 2.32 bits per heavy atom. The van der Waals surface area contributed by atoms with Gasteiger partial charge in [0.15, 0.2) is 0 Å². The molecule has 1 aliphatic heterocycles. The summed E-state index contributed by atoms with van der Waals surface area (Å²) in [6.45, 7) is 5.76. The van der Waals surface area contributed by atoms with E-state index in [2.05, 4.69) is 5.10 Å². The fourth-order valence-electron chi connectivity index (χ4n) is 2.93. The lowest BCUT2D eigenvalue weighted by atomic mass is 10.2. The van der Waals surface area contributed by atoms with Gasteiger partial charge in [-0.2, -0.15) is 9.40 Å². The Bertz CT molecular complexity index is 984. The summed E-state index contributed by atoms with van der Waals surface area (Å²) in [6.07, 6.45) is -0.265. The summed E-state index contributed by atoms with van der Waals surface area (Å²) in [5.41, 5.74) is 1.74. The number of aromatic nitrogens is 3. The van der Waals surface area contributed by atoms with Crippen molar-refractivity contribution in [2.24, 2.45) is 14.1 Å². The van der Waals surface area contributed by atoms with E-state index < -0.39 is 10.0 Å². The van der Waals surface area contributed by atoms with Crippen molar-refractivity contribution >= 4 is 10.0 Å². The van der Waals surface area contributed by atoms with E-state index in [1.807, 2.05) is 6.92 Å². The van der Waals surface area contributed by atoms with Crippen LogP contribution in [0.2, 0.25) is 0 Å². The van der Waals surface area contributed by atoms with E-state index >= 15 is 0 Å². The van der Waals surface area contributed by atoms with Gasteiger partial charge in [0, 0.05) is 25.9 Å². The van der Waals surface area contributed by atoms with E-state index in [-0.39, 0.29) is 29.6 Å². The summed E-state index contributed by atoms with van der Waals surface area (Å²) >= 11 is 0. The molecule has 3 heterocycles. The summed E-state index contributed by atoms with van der Waals surface area (Å²) in [5, 5.41) is 4.17. The van der Waals surface area contributed by atoms with Crippen LogP contribution in [0, 0.1) is 20.8 Å². The number of pyridine rings is 1. The minimum absolute atomic E-state index is 0.152. The Morgan fingerprint density at radius 1 is 1.16 bits per heavy atom. The van der Waals surface area contributed by atoms with Crippen molar-refractivity contribution in [2.45, 2.75) is 31.8 Å². The molecule has 0 bridgehead atoms. The zero-order valence-corrected chi connectivity index (χ0v) is 15.8. The number of aryl methyl sites for hydroxylation is 3. The second-order valence-corrected chi connectivity index (χ2v) is 8.29. The fraction of sp³-hybridized carbons (Fsp3) is 0.500. The summed E-state index contributed by atoms with van der Waals surface area (Å²) < 4.78 is 35.8. The van der Waals surface area contributed by atoms with Crippen molar-refractivity contribution in [1.29, 1.82) is 0 Å². The first-order chi connectivity index (χ1) is 11.6. The summed E-state index contributed by atoms with van der Waals surface area (Å²) in [5.74, 6) is 0.469. The zero-order chi connectivity index (χ0) is 18.5. The second kappa shape index (κ2) is 5.99. The Morgan fingerprint density at radius 2 is 1.80 bits per heavy atom. The SMILES string of the molecule is Cc1nn(C)c(C)c1S(=O)(=O)N1CC(Oc2cc(C)n(C)c(=O)c2)C1. The van der Waals surface area contributed by atoms with Gasteiger partial charge in [0.1, 0.15) is 16.7 Å². The molecular formula is C16H22N4O4S. The van der Waals surface area contributed by atoms with Gasteiger partial charge in [-0.05, 0) is 26.8 Å². The van der Waals surface area contributed by atoms with Crippen molar-refractivity contribution in [3.63, 3.8) is 0 Å². The average Bonchev–Trinajstić information content (AvgIpc) is 2.73. The lowest BCUT2D eigenvalue weighted by Gasteiger charge is -2.37. The van der Waals surface area contributed by atoms with Crippen molar-refractivity contribution in [2.75, 3.05) is 13.1 Å². The summed E-state index contributed by atoms with van der Waals surface area (Å²) in [4.78, 5) is 12.1. The molecule has 8 nitrogen and oxygen atoms in total. The van der Waals surface area contributed by atoms with Crippen LogP contribution >= 0.6 is 0 Å². The molecular weight excluding hydrogens is 344 g/mol. The molecule has 1 fully saturated rings. The molecule has 1 saturated heterocycles. The molecule has 9 heteroatoms. The lowest BCUT2D eigenvalue weighted by Crippen LogP contribution is -2.56. The third-order valence-electron chi connectivity index (χ3n) is 4.63. The van der Waals surface area contributed by atoms with Gasteiger partial charge in [-0.25, -0.2) is 8.42 Å². The molecule has 2 aromatic heterocycles. The molecule has 0 saturated carbocycles. The molecule has 0 aromatic carbocycles. The smallest absolute Gasteiger partial charge is 0.254 e. The maximum absolute atomic E-state index is 12.8. The third-order valence-corrected chi connectivity index (χ3v) is 6.72. The summed E-state index contributed by atoms with van der Waals surface area (Å²) in [6, 6.07) is 3.19. The van der Waals surface area contributed by atoms with Gasteiger partial charge < -0.3 is 9.30 Å². The van der Waals surface area contributed by atoms with Crippen molar-refractivity contribution in [1.82, 2.24) is 18.7 Å². The minimum Gasteiger partial charge on any atom is -0.487 e. The number of sulfonamides is 1. The van der Waals surface area contributed by atoms with E-state index in [0.29, 0.717) is 17.1 Å². The van der Waals surface area contributed by atoms with Gasteiger partial charge in [0.05, 0.1) is 24.5 Å². The normalized spacial score (nSPS) is 16.0. The van der Waals surface area contributed by atoms with Crippen LogP contribution in [-0.4, -0.2) is 46.3 Å². The van der Waals surface area contributed by atoms with Crippen LogP contribution in [0.4, 0.5) is 0 Å². The average molecular weight is 366 g/mol. The van der Waals surface area contributed by atoms with E-state index in [4.69, 9.17) is 4.74 Å². The van der Waals surface area contributed by atoms with Gasteiger partial charge in [-0.1, -0.05) is 0 Å². The molecule has 136 valence electrons. The maximum atomic E-state index is 12.8. The van der Waals surface area contributed by atoms with E-state index in [1.54, 1.807) is 38.7 Å². The first-order valence-electron chi connectivity index (χ1n) is 7.96. The quantitative estimate of drug-likeness (QED) is 0.786. The highest BCUT2D eigenvalue weighted by Crippen LogP contribution is 2.28. The number of nitrogens with zero attached hydrogens (tertiary/aromatic N) is 4. The van der Waals surface area contributed by atoms with Gasteiger partial charge in [-0.3, -0.25) is 9.48 Å². The minimum atomic E-state index is -3.59. The monoisotopic (exact) mass is 366 g/mol. The van der Waals surface area contributed by atoms with Crippen LogP contribution < -0.4 is 10.3 Å². The Labute approximate surface area is 146 Å². The van der Waals surface area contributed by atoms with Crippen molar-refractivity contribution < 1.29 is 13.2 Å². The molecule has 0 amide bonds. The van der Waals surface area contributed by atoms with Gasteiger partial charge in [0.25, 0.3) is 5.56 Å². The summed E-state index contributed by atoms with van der Waals surface area (Å²) in [7, 11) is -0.171. The standard InChI is InChI=1S/C16H22N4O4S/c1-10-6-13(7-15(21)18(10)4)24-14-8-20(9-14)25(22,23)16-11(2)17-19(5)12(16)3/h6-7,14H,8-9H2,1-5H3. The van der Waals surface area contributed by atoms with Crippen LogP contribution in [0.3, 0.4) is 0 Å². The number of hydrogen-bond acceptors (Lipinski definition) is 5. The van der Waals surface area contributed by atoms with Gasteiger partial charge in [-0.15, -0.1) is 0 Å². The fourth-order valence-corrected chi connectivity index (χ4v) is 4.83. The van der Waals surface area contributed by atoms with Crippen LogP contribution in [0.1, 0.15) is 17.1 Å². The third kappa shape index (κ3) is 2.98. The zero-order valence-electron chi connectivity index (χ0n) is 15.0. The Kier molecular flexibility index (Phi) is 4.24.